The van der Waals surface area contributed by atoms with Gasteiger partial charge in [0.1, 0.15) is 5.56 Å². The lowest BCUT2D eigenvalue weighted by Gasteiger charge is -2.12. The van der Waals surface area contributed by atoms with Crippen LogP contribution in [0.1, 0.15) is 22.8 Å². The van der Waals surface area contributed by atoms with Gasteiger partial charge in [-0.3, -0.25) is 14.9 Å². The van der Waals surface area contributed by atoms with E-state index in [2.05, 4.69) is 5.32 Å². The molecule has 28 heavy (non-hydrogen) atoms. The highest BCUT2D eigenvalue weighted by Gasteiger charge is 2.26. The lowest BCUT2D eigenvalue weighted by molar-refractivity contribution is -0.385. The van der Waals surface area contributed by atoms with Gasteiger partial charge in [0, 0.05) is 11.8 Å². The summed E-state index contributed by atoms with van der Waals surface area (Å²) < 4.78 is 15.3. The molecule has 0 aromatic heterocycles. The molecule has 2 rings (SSSR count). The normalized spacial score (nSPS) is 10.1. The number of carbonyl (C=O) groups is 2. The maximum Gasteiger partial charge on any atom is 0.345 e. The predicted molar refractivity (Wildman–Crippen MR) is 101 cm³/mol. The predicted octanol–water partition coefficient (Wildman–Crippen LogP) is 3.11. The number of methoxy groups -OCH3 is 1. The molecule has 1 N–H and O–H groups in total. The number of nitrogens with one attached hydrogen (secondary N) is 1. The summed E-state index contributed by atoms with van der Waals surface area (Å²) in [5.41, 5.74) is 0.578. The SMILES string of the molecule is CCOc1cc([N+](=O)[O-])c(C(=O)OCC(=O)Nc2ccccc2C)cc1OC. The number of carbonyl (C=O) groups excluding carboxylic acids is 2. The Balaban J connectivity index is 2.15. The fourth-order valence-corrected chi connectivity index (χ4v) is 2.40. The number of rotatable bonds is 8. The van der Waals surface area contributed by atoms with Crippen LogP contribution in [0.15, 0.2) is 36.4 Å². The minimum atomic E-state index is -1.02. The molecule has 0 aliphatic rings. The number of esters is 1. The van der Waals surface area contributed by atoms with Gasteiger partial charge in [-0.1, -0.05) is 18.2 Å². The minimum absolute atomic E-state index is 0.130. The van der Waals surface area contributed by atoms with Crippen molar-refractivity contribution < 1.29 is 28.7 Å². The summed E-state index contributed by atoms with van der Waals surface area (Å²) in [4.78, 5) is 34.9. The fraction of sp³-hybridized carbons (Fsp3) is 0.263. The molecule has 0 bridgehead atoms. The van der Waals surface area contributed by atoms with Crippen LogP contribution in [0.4, 0.5) is 11.4 Å². The van der Waals surface area contributed by atoms with Crippen molar-refractivity contribution in [3.05, 3.63) is 57.6 Å². The molecule has 9 nitrogen and oxygen atoms in total. The largest absolute Gasteiger partial charge is 0.493 e. The first-order chi connectivity index (χ1) is 13.4. The van der Waals surface area contributed by atoms with Crippen molar-refractivity contribution in [2.45, 2.75) is 13.8 Å². The van der Waals surface area contributed by atoms with Crippen LogP contribution in [0.25, 0.3) is 0 Å². The Morgan fingerprint density at radius 2 is 1.89 bits per heavy atom. The molecule has 0 saturated heterocycles. The smallest absolute Gasteiger partial charge is 0.345 e. The molecule has 0 heterocycles. The second-order valence-corrected chi connectivity index (χ2v) is 5.65. The molecule has 0 aliphatic heterocycles. The molecule has 0 unspecified atom stereocenters. The molecular formula is C19H20N2O7. The summed E-state index contributed by atoms with van der Waals surface area (Å²) >= 11 is 0. The van der Waals surface area contributed by atoms with Gasteiger partial charge in [0.25, 0.3) is 11.6 Å². The monoisotopic (exact) mass is 388 g/mol. The molecule has 2 aromatic rings. The van der Waals surface area contributed by atoms with Gasteiger partial charge in [-0.2, -0.15) is 0 Å². The maximum absolute atomic E-state index is 12.3. The number of nitro groups is 1. The van der Waals surface area contributed by atoms with E-state index in [4.69, 9.17) is 14.2 Å². The van der Waals surface area contributed by atoms with Crippen molar-refractivity contribution in [1.29, 1.82) is 0 Å². The van der Waals surface area contributed by atoms with Gasteiger partial charge in [-0.15, -0.1) is 0 Å². The molecule has 0 atom stereocenters. The first-order valence-electron chi connectivity index (χ1n) is 8.39. The van der Waals surface area contributed by atoms with E-state index < -0.39 is 29.1 Å². The Morgan fingerprint density at radius 3 is 2.50 bits per heavy atom. The third-order valence-corrected chi connectivity index (χ3v) is 3.75. The van der Waals surface area contributed by atoms with E-state index in [0.29, 0.717) is 5.69 Å². The Labute approximate surface area is 161 Å². The van der Waals surface area contributed by atoms with Crippen LogP contribution in [0.3, 0.4) is 0 Å². The van der Waals surface area contributed by atoms with Crippen molar-refractivity contribution in [3.8, 4) is 11.5 Å². The number of hydrogen-bond acceptors (Lipinski definition) is 7. The Bertz CT molecular complexity index is 896. The Kier molecular flexibility index (Phi) is 6.91. The standard InChI is InChI=1S/C19H20N2O7/c1-4-27-17-10-15(21(24)25)13(9-16(17)26-3)19(23)28-11-18(22)20-14-8-6-5-7-12(14)2/h5-10H,4,11H2,1-3H3,(H,20,22). The van der Waals surface area contributed by atoms with Gasteiger partial charge in [-0.25, -0.2) is 4.79 Å². The zero-order valence-corrected chi connectivity index (χ0v) is 15.7. The average Bonchev–Trinajstić information content (AvgIpc) is 2.67. The van der Waals surface area contributed by atoms with E-state index in [9.17, 15) is 19.7 Å². The number of benzene rings is 2. The van der Waals surface area contributed by atoms with Crippen LogP contribution in [-0.4, -0.2) is 37.1 Å². The molecule has 0 saturated carbocycles. The molecular weight excluding hydrogens is 368 g/mol. The van der Waals surface area contributed by atoms with E-state index >= 15 is 0 Å². The zero-order valence-electron chi connectivity index (χ0n) is 15.7. The second kappa shape index (κ2) is 9.36. The topological polar surface area (TPSA) is 117 Å². The minimum Gasteiger partial charge on any atom is -0.493 e. The molecule has 0 aliphatic carbocycles. The number of amides is 1. The van der Waals surface area contributed by atoms with Crippen molar-refractivity contribution >= 4 is 23.3 Å². The quantitative estimate of drug-likeness (QED) is 0.419. The summed E-state index contributed by atoms with van der Waals surface area (Å²) in [6, 6.07) is 9.35. The number of nitrogens with zero attached hydrogens (tertiary/aromatic N) is 1. The summed E-state index contributed by atoms with van der Waals surface area (Å²) in [7, 11) is 1.34. The summed E-state index contributed by atoms with van der Waals surface area (Å²) in [6.45, 7) is 3.19. The zero-order chi connectivity index (χ0) is 20.7. The van der Waals surface area contributed by atoms with Gasteiger partial charge < -0.3 is 19.5 Å². The van der Waals surface area contributed by atoms with Crippen molar-refractivity contribution in [2.24, 2.45) is 0 Å². The molecule has 1 amide bonds. The van der Waals surface area contributed by atoms with Crippen LogP contribution in [-0.2, 0) is 9.53 Å². The first kappa shape index (κ1) is 20.7. The number of nitro benzene ring substituents is 1. The summed E-state index contributed by atoms with van der Waals surface area (Å²) in [5, 5.41) is 13.9. The van der Waals surface area contributed by atoms with E-state index in [-0.39, 0.29) is 23.7 Å². The summed E-state index contributed by atoms with van der Waals surface area (Å²) in [6.07, 6.45) is 0. The lowest BCUT2D eigenvalue weighted by atomic mass is 10.1. The van der Waals surface area contributed by atoms with E-state index in [0.717, 1.165) is 17.7 Å². The van der Waals surface area contributed by atoms with Crippen LogP contribution >= 0.6 is 0 Å². The van der Waals surface area contributed by atoms with Gasteiger partial charge in [0.05, 0.1) is 24.7 Å². The number of anilines is 1. The van der Waals surface area contributed by atoms with Gasteiger partial charge >= 0.3 is 5.97 Å². The van der Waals surface area contributed by atoms with Crippen molar-refractivity contribution in [2.75, 3.05) is 25.6 Å². The third-order valence-electron chi connectivity index (χ3n) is 3.75. The number of ether oxygens (including phenoxy) is 3. The van der Waals surface area contributed by atoms with E-state index in [1.165, 1.54) is 7.11 Å². The van der Waals surface area contributed by atoms with Crippen molar-refractivity contribution in [1.82, 2.24) is 0 Å². The number of aryl methyl sites for hydroxylation is 1. The molecule has 0 spiro atoms. The van der Waals surface area contributed by atoms with Crippen LogP contribution in [0.2, 0.25) is 0 Å². The van der Waals surface area contributed by atoms with Gasteiger partial charge in [0.15, 0.2) is 18.1 Å². The maximum atomic E-state index is 12.3. The molecule has 0 radical (unpaired) electrons. The highest BCUT2D eigenvalue weighted by Crippen LogP contribution is 2.35. The van der Waals surface area contributed by atoms with Crippen LogP contribution < -0.4 is 14.8 Å². The van der Waals surface area contributed by atoms with Crippen molar-refractivity contribution in [3.63, 3.8) is 0 Å². The third kappa shape index (κ3) is 4.97. The molecule has 2 aromatic carbocycles. The fourth-order valence-electron chi connectivity index (χ4n) is 2.40. The molecule has 9 heteroatoms. The van der Waals surface area contributed by atoms with Crippen LogP contribution in [0.5, 0.6) is 11.5 Å². The van der Waals surface area contributed by atoms with Crippen LogP contribution in [0, 0.1) is 17.0 Å². The van der Waals surface area contributed by atoms with E-state index in [1.54, 1.807) is 19.1 Å². The molecule has 0 fully saturated rings. The first-order valence-corrected chi connectivity index (χ1v) is 8.39. The lowest BCUT2D eigenvalue weighted by Crippen LogP contribution is -2.21. The number of para-hydroxylation sites is 1. The van der Waals surface area contributed by atoms with Gasteiger partial charge in [-0.05, 0) is 25.5 Å². The number of hydrogen-bond donors (Lipinski definition) is 1. The summed E-state index contributed by atoms with van der Waals surface area (Å²) in [5.74, 6) is -1.31. The second-order valence-electron chi connectivity index (χ2n) is 5.65. The average molecular weight is 388 g/mol. The van der Waals surface area contributed by atoms with Gasteiger partial charge in [0.2, 0.25) is 0 Å². The Hall–Kier alpha value is -3.62. The Morgan fingerprint density at radius 1 is 1.18 bits per heavy atom. The highest BCUT2D eigenvalue weighted by molar-refractivity contribution is 5.98. The highest BCUT2D eigenvalue weighted by atomic mass is 16.6. The molecule has 148 valence electrons. The van der Waals surface area contributed by atoms with E-state index in [1.807, 2.05) is 19.1 Å².